The third-order valence-corrected chi connectivity index (χ3v) is 5.93. The van der Waals surface area contributed by atoms with E-state index < -0.39 is 10.0 Å². The van der Waals surface area contributed by atoms with E-state index in [-0.39, 0.29) is 0 Å². The van der Waals surface area contributed by atoms with Gasteiger partial charge in [-0.05, 0) is 38.3 Å². The Balaban J connectivity index is 2.08. The molecule has 0 amide bonds. The lowest BCUT2D eigenvalue weighted by atomic mass is 9.99. The number of hydrogen-bond acceptors (Lipinski definition) is 3. The highest BCUT2D eigenvalue weighted by Gasteiger charge is 2.26. The minimum Gasteiger partial charge on any atom is -0.349 e. The maximum atomic E-state index is 12.4. The van der Waals surface area contributed by atoms with Gasteiger partial charge in [0.1, 0.15) is 0 Å². The van der Waals surface area contributed by atoms with E-state index in [1.54, 1.807) is 12.3 Å². The van der Waals surface area contributed by atoms with Crippen LogP contribution in [0.25, 0.3) is 0 Å². The zero-order chi connectivity index (χ0) is 15.5. The Morgan fingerprint density at radius 3 is 2.71 bits per heavy atom. The summed E-state index contributed by atoms with van der Waals surface area (Å²) in [5.41, 5.74) is 0.995. The van der Waals surface area contributed by atoms with Crippen molar-refractivity contribution in [3.63, 3.8) is 0 Å². The lowest BCUT2D eigenvalue weighted by Crippen LogP contribution is -2.30. The molecule has 2 unspecified atom stereocenters. The minimum absolute atomic E-state index is 0.375. The number of aryl methyl sites for hydroxylation is 1. The fourth-order valence-electron chi connectivity index (χ4n) is 3.12. The Labute approximate surface area is 128 Å². The van der Waals surface area contributed by atoms with Crippen molar-refractivity contribution < 1.29 is 8.42 Å². The van der Waals surface area contributed by atoms with Gasteiger partial charge in [-0.1, -0.05) is 19.8 Å². The topological polar surface area (TPSA) is 63.1 Å². The van der Waals surface area contributed by atoms with Crippen molar-refractivity contribution in [3.8, 4) is 0 Å². The molecule has 21 heavy (non-hydrogen) atoms. The zero-order valence-corrected chi connectivity index (χ0v) is 14.0. The molecule has 1 aromatic heterocycles. The number of hydrogen-bond donors (Lipinski definition) is 2. The quantitative estimate of drug-likeness (QED) is 0.808. The lowest BCUT2D eigenvalue weighted by Gasteiger charge is -2.15. The predicted octanol–water partition coefficient (Wildman–Crippen LogP) is 1.94. The summed E-state index contributed by atoms with van der Waals surface area (Å²) in [6, 6.07) is 1.76. The van der Waals surface area contributed by atoms with Crippen LogP contribution in [-0.4, -0.2) is 26.6 Å². The van der Waals surface area contributed by atoms with Crippen LogP contribution in [0.15, 0.2) is 17.2 Å². The molecule has 1 heterocycles. The lowest BCUT2D eigenvalue weighted by molar-refractivity contribution is 0.414. The monoisotopic (exact) mass is 313 g/mol. The molecule has 6 heteroatoms. The summed E-state index contributed by atoms with van der Waals surface area (Å²) in [7, 11) is -1.54. The molecule has 0 bridgehead atoms. The molecule has 2 N–H and O–H groups in total. The molecule has 0 aliphatic heterocycles. The molecule has 1 aliphatic carbocycles. The van der Waals surface area contributed by atoms with E-state index >= 15 is 0 Å². The second-order valence-electron chi connectivity index (χ2n) is 6.00. The fraction of sp³-hybridized carbons (Fsp3) is 0.733. The van der Waals surface area contributed by atoms with E-state index in [9.17, 15) is 8.42 Å². The highest BCUT2D eigenvalue weighted by molar-refractivity contribution is 7.89. The molecule has 5 nitrogen and oxygen atoms in total. The summed E-state index contributed by atoms with van der Waals surface area (Å²) in [5, 5.41) is 3.07. The van der Waals surface area contributed by atoms with Gasteiger partial charge in [0.05, 0.1) is 4.90 Å². The molecular weight excluding hydrogens is 286 g/mol. The van der Waals surface area contributed by atoms with Crippen LogP contribution in [0.2, 0.25) is 0 Å². The second-order valence-corrected chi connectivity index (χ2v) is 7.77. The number of aromatic nitrogens is 1. The van der Waals surface area contributed by atoms with Gasteiger partial charge in [-0.25, -0.2) is 13.1 Å². The highest BCUT2D eigenvalue weighted by atomic mass is 32.2. The molecular formula is C15H27N3O2S. The van der Waals surface area contributed by atoms with Crippen molar-refractivity contribution in [2.45, 2.75) is 51.1 Å². The van der Waals surface area contributed by atoms with E-state index in [2.05, 4.69) is 17.0 Å². The van der Waals surface area contributed by atoms with Crippen LogP contribution in [-0.2, 0) is 23.1 Å². The van der Waals surface area contributed by atoms with Crippen molar-refractivity contribution >= 4 is 10.0 Å². The standard InChI is InChI=1S/C15H27N3O2S/c1-4-18-11-15(8-14(18)10-16-3)21(19,20)17-9-13-7-5-6-12(13)2/h8,11-13,16-17H,4-7,9-10H2,1-3H3. The van der Waals surface area contributed by atoms with Crippen LogP contribution >= 0.6 is 0 Å². The first-order valence-corrected chi connectivity index (χ1v) is 9.29. The first-order valence-electron chi connectivity index (χ1n) is 7.81. The summed E-state index contributed by atoms with van der Waals surface area (Å²) in [4.78, 5) is 0.375. The highest BCUT2D eigenvalue weighted by Crippen LogP contribution is 2.30. The SMILES string of the molecule is CCn1cc(S(=O)(=O)NCC2CCCC2C)cc1CNC. The largest absolute Gasteiger partial charge is 0.349 e. The van der Waals surface area contributed by atoms with Gasteiger partial charge in [0.15, 0.2) is 0 Å². The van der Waals surface area contributed by atoms with Crippen molar-refractivity contribution in [1.82, 2.24) is 14.6 Å². The zero-order valence-electron chi connectivity index (χ0n) is 13.2. The molecule has 1 saturated carbocycles. The first kappa shape index (κ1) is 16.5. The Morgan fingerprint density at radius 1 is 1.38 bits per heavy atom. The molecule has 0 aromatic carbocycles. The van der Waals surface area contributed by atoms with Gasteiger partial charge in [0, 0.05) is 31.5 Å². The average molecular weight is 313 g/mol. The van der Waals surface area contributed by atoms with E-state index in [4.69, 9.17) is 0 Å². The van der Waals surface area contributed by atoms with Crippen LogP contribution in [0.5, 0.6) is 0 Å². The molecule has 120 valence electrons. The Hall–Kier alpha value is -0.850. The van der Waals surface area contributed by atoms with Crippen LogP contribution in [0, 0.1) is 11.8 Å². The van der Waals surface area contributed by atoms with Gasteiger partial charge in [-0.3, -0.25) is 0 Å². The number of rotatable bonds is 7. The second kappa shape index (κ2) is 6.94. The van der Waals surface area contributed by atoms with E-state index in [0.717, 1.165) is 18.7 Å². The molecule has 1 aromatic rings. The first-order chi connectivity index (χ1) is 9.97. The molecule has 1 aliphatic rings. The third kappa shape index (κ3) is 3.87. The van der Waals surface area contributed by atoms with E-state index in [1.807, 2.05) is 18.5 Å². The summed E-state index contributed by atoms with van der Waals surface area (Å²) < 4.78 is 29.6. The van der Waals surface area contributed by atoms with Gasteiger partial charge in [-0.15, -0.1) is 0 Å². The van der Waals surface area contributed by atoms with Crippen LogP contribution in [0.4, 0.5) is 0 Å². The smallest absolute Gasteiger partial charge is 0.242 e. The summed E-state index contributed by atoms with van der Waals surface area (Å²) >= 11 is 0. The number of nitrogens with one attached hydrogen (secondary N) is 2. The van der Waals surface area contributed by atoms with Crippen LogP contribution in [0.3, 0.4) is 0 Å². The number of sulfonamides is 1. The predicted molar refractivity (Wildman–Crippen MR) is 84.6 cm³/mol. The fourth-order valence-corrected chi connectivity index (χ4v) is 4.28. The van der Waals surface area contributed by atoms with Crippen LogP contribution < -0.4 is 10.0 Å². The normalized spacial score (nSPS) is 22.8. The third-order valence-electron chi connectivity index (χ3n) is 4.54. The van der Waals surface area contributed by atoms with Gasteiger partial charge in [-0.2, -0.15) is 0 Å². The van der Waals surface area contributed by atoms with Crippen LogP contribution in [0.1, 0.15) is 38.8 Å². The molecule has 0 saturated heterocycles. The van der Waals surface area contributed by atoms with Gasteiger partial charge in [0.2, 0.25) is 10.0 Å². The Kier molecular flexibility index (Phi) is 5.46. The summed E-state index contributed by atoms with van der Waals surface area (Å²) in [6.45, 7) is 6.23. The average Bonchev–Trinajstić information content (AvgIpc) is 3.04. The molecule has 0 spiro atoms. The Morgan fingerprint density at radius 2 is 2.14 bits per heavy atom. The maximum absolute atomic E-state index is 12.4. The van der Waals surface area contributed by atoms with Gasteiger partial charge >= 0.3 is 0 Å². The van der Waals surface area contributed by atoms with E-state index in [1.165, 1.54) is 12.8 Å². The maximum Gasteiger partial charge on any atom is 0.242 e. The van der Waals surface area contributed by atoms with Gasteiger partial charge in [0.25, 0.3) is 0 Å². The molecule has 2 atom stereocenters. The van der Waals surface area contributed by atoms with Crippen molar-refractivity contribution in [3.05, 3.63) is 18.0 Å². The van der Waals surface area contributed by atoms with Crippen molar-refractivity contribution in [2.24, 2.45) is 11.8 Å². The number of nitrogens with zero attached hydrogens (tertiary/aromatic N) is 1. The van der Waals surface area contributed by atoms with E-state index in [0.29, 0.717) is 29.8 Å². The van der Waals surface area contributed by atoms with Crippen molar-refractivity contribution in [1.29, 1.82) is 0 Å². The van der Waals surface area contributed by atoms with Gasteiger partial charge < -0.3 is 9.88 Å². The Bertz CT molecular complexity index is 565. The molecule has 0 radical (unpaired) electrons. The summed E-state index contributed by atoms with van der Waals surface area (Å²) in [6.07, 6.45) is 5.29. The minimum atomic E-state index is -3.40. The molecule has 2 rings (SSSR count). The molecule has 1 fully saturated rings. The van der Waals surface area contributed by atoms with Crippen molar-refractivity contribution in [2.75, 3.05) is 13.6 Å². The summed E-state index contributed by atoms with van der Waals surface area (Å²) in [5.74, 6) is 1.10.